The molecule has 0 unspecified atom stereocenters. The lowest BCUT2D eigenvalue weighted by Crippen LogP contribution is -2.17. The predicted octanol–water partition coefficient (Wildman–Crippen LogP) is 3.59. The van der Waals surface area contributed by atoms with Crippen LogP contribution in [0, 0.1) is 11.6 Å². The number of benzene rings is 2. The van der Waals surface area contributed by atoms with E-state index in [1.165, 1.54) is 19.2 Å². The van der Waals surface area contributed by atoms with E-state index in [4.69, 9.17) is 15.2 Å². The minimum Gasteiger partial charge on any atom is -0.496 e. The van der Waals surface area contributed by atoms with Crippen LogP contribution in [0.3, 0.4) is 0 Å². The van der Waals surface area contributed by atoms with Crippen LogP contribution in [-0.2, 0) is 9.53 Å². The summed E-state index contributed by atoms with van der Waals surface area (Å²) in [6.07, 6.45) is 0.00547. The lowest BCUT2D eigenvalue weighted by atomic mass is 9.97. The molecule has 0 amide bonds. The van der Waals surface area contributed by atoms with E-state index >= 15 is 0 Å². The molecule has 0 bridgehead atoms. The van der Waals surface area contributed by atoms with Crippen molar-refractivity contribution in [3.63, 3.8) is 0 Å². The minimum atomic E-state index is -0.704. The van der Waals surface area contributed by atoms with Gasteiger partial charge in [0.1, 0.15) is 17.4 Å². The molecular weight excluding hydrogens is 316 g/mol. The summed E-state index contributed by atoms with van der Waals surface area (Å²) in [4.78, 5) is 11.6. The molecule has 0 saturated carbocycles. The summed E-state index contributed by atoms with van der Waals surface area (Å²) >= 11 is 0. The van der Waals surface area contributed by atoms with Gasteiger partial charge in [0.2, 0.25) is 0 Å². The number of carbonyl (C=O) groups excluding carboxylic acids is 1. The summed E-state index contributed by atoms with van der Waals surface area (Å²) in [5.41, 5.74) is 7.29. The van der Waals surface area contributed by atoms with Crippen molar-refractivity contribution < 1.29 is 23.0 Å². The van der Waals surface area contributed by atoms with Gasteiger partial charge in [0, 0.05) is 23.2 Å². The van der Waals surface area contributed by atoms with Gasteiger partial charge in [0.15, 0.2) is 0 Å². The molecule has 2 aromatic rings. The molecule has 4 nitrogen and oxygen atoms in total. The van der Waals surface area contributed by atoms with Crippen LogP contribution in [0.5, 0.6) is 5.75 Å². The van der Waals surface area contributed by atoms with Crippen LogP contribution >= 0.6 is 0 Å². The van der Waals surface area contributed by atoms with Gasteiger partial charge in [0.25, 0.3) is 0 Å². The Balaban J connectivity index is 2.39. The minimum absolute atomic E-state index is 0.00547. The molecule has 6 heteroatoms. The zero-order valence-corrected chi connectivity index (χ0v) is 13.5. The number of carbonyl (C=O) groups is 1. The standard InChI is InChI=1S/C18H19F2NO3/c1-3-24-18(22)10-16(21)11-4-7-17(23-2)14(8-11)13-6-5-12(19)9-15(13)20/h4-9,16H,3,10,21H2,1-2H3/t16-/m0/s1. The first-order chi connectivity index (χ1) is 11.5. The monoisotopic (exact) mass is 335 g/mol. The van der Waals surface area contributed by atoms with Crippen molar-refractivity contribution in [2.45, 2.75) is 19.4 Å². The fourth-order valence-corrected chi connectivity index (χ4v) is 2.39. The summed E-state index contributed by atoms with van der Waals surface area (Å²) in [5.74, 6) is -1.35. The first-order valence-corrected chi connectivity index (χ1v) is 7.50. The fourth-order valence-electron chi connectivity index (χ4n) is 2.39. The highest BCUT2D eigenvalue weighted by atomic mass is 19.1. The van der Waals surface area contributed by atoms with Gasteiger partial charge in [-0.3, -0.25) is 4.79 Å². The van der Waals surface area contributed by atoms with Gasteiger partial charge in [0.05, 0.1) is 20.1 Å². The van der Waals surface area contributed by atoms with Crippen LogP contribution in [0.15, 0.2) is 36.4 Å². The summed E-state index contributed by atoms with van der Waals surface area (Å²) in [6.45, 7) is 1.99. The third-order valence-corrected chi connectivity index (χ3v) is 3.56. The molecule has 0 aromatic heterocycles. The molecule has 0 aliphatic rings. The second-order valence-electron chi connectivity index (χ2n) is 5.20. The highest BCUT2D eigenvalue weighted by Crippen LogP contribution is 2.34. The van der Waals surface area contributed by atoms with Crippen molar-refractivity contribution in [1.82, 2.24) is 0 Å². The molecule has 2 N–H and O–H groups in total. The quantitative estimate of drug-likeness (QED) is 0.820. The number of rotatable bonds is 6. The lowest BCUT2D eigenvalue weighted by molar-refractivity contribution is -0.143. The zero-order valence-electron chi connectivity index (χ0n) is 13.5. The van der Waals surface area contributed by atoms with Gasteiger partial charge in [-0.1, -0.05) is 6.07 Å². The third-order valence-electron chi connectivity index (χ3n) is 3.56. The van der Waals surface area contributed by atoms with Gasteiger partial charge in [-0.05, 0) is 36.8 Å². The zero-order chi connectivity index (χ0) is 17.7. The average Bonchev–Trinajstić information content (AvgIpc) is 2.54. The van der Waals surface area contributed by atoms with E-state index < -0.39 is 23.6 Å². The van der Waals surface area contributed by atoms with Gasteiger partial charge < -0.3 is 15.2 Å². The van der Waals surface area contributed by atoms with Gasteiger partial charge in [-0.15, -0.1) is 0 Å². The molecule has 2 aromatic carbocycles. The molecule has 0 aliphatic heterocycles. The maximum atomic E-state index is 14.1. The number of hydrogen-bond donors (Lipinski definition) is 1. The summed E-state index contributed by atoms with van der Waals surface area (Å²) in [6, 6.07) is 7.69. The molecule has 0 radical (unpaired) electrons. The van der Waals surface area contributed by atoms with Crippen molar-refractivity contribution in [2.75, 3.05) is 13.7 Å². The normalized spacial score (nSPS) is 11.9. The SMILES string of the molecule is CCOC(=O)C[C@H](N)c1ccc(OC)c(-c2ccc(F)cc2F)c1. The predicted molar refractivity (Wildman–Crippen MR) is 86.5 cm³/mol. The smallest absolute Gasteiger partial charge is 0.307 e. The van der Waals surface area contributed by atoms with E-state index in [1.54, 1.807) is 25.1 Å². The van der Waals surface area contributed by atoms with Crippen LogP contribution in [0.2, 0.25) is 0 Å². The topological polar surface area (TPSA) is 61.5 Å². The Morgan fingerprint density at radius 1 is 1.17 bits per heavy atom. The second-order valence-corrected chi connectivity index (χ2v) is 5.20. The van der Waals surface area contributed by atoms with Gasteiger partial charge in [-0.2, -0.15) is 0 Å². The molecule has 24 heavy (non-hydrogen) atoms. The second kappa shape index (κ2) is 7.88. The Bertz CT molecular complexity index is 734. The van der Waals surface area contributed by atoms with Crippen LogP contribution in [-0.4, -0.2) is 19.7 Å². The van der Waals surface area contributed by atoms with Gasteiger partial charge >= 0.3 is 5.97 Å². The lowest BCUT2D eigenvalue weighted by Gasteiger charge is -2.16. The molecule has 0 spiro atoms. The number of ether oxygens (including phenoxy) is 2. The largest absolute Gasteiger partial charge is 0.496 e. The van der Waals surface area contributed by atoms with Crippen molar-refractivity contribution >= 4 is 5.97 Å². The van der Waals surface area contributed by atoms with E-state index in [2.05, 4.69) is 0 Å². The Morgan fingerprint density at radius 3 is 2.54 bits per heavy atom. The summed E-state index contributed by atoms with van der Waals surface area (Å²) in [7, 11) is 1.46. The number of nitrogens with two attached hydrogens (primary N) is 1. The van der Waals surface area contributed by atoms with Crippen LogP contribution < -0.4 is 10.5 Å². The Labute approximate surface area is 139 Å². The van der Waals surface area contributed by atoms with E-state index in [0.717, 1.165) is 6.07 Å². The highest BCUT2D eigenvalue weighted by Gasteiger charge is 2.17. The van der Waals surface area contributed by atoms with Crippen molar-refractivity contribution in [1.29, 1.82) is 0 Å². The Kier molecular flexibility index (Phi) is 5.87. The molecule has 1 atom stereocenters. The highest BCUT2D eigenvalue weighted by molar-refractivity contribution is 5.73. The van der Waals surface area contributed by atoms with Crippen molar-refractivity contribution in [2.24, 2.45) is 5.73 Å². The number of halogens is 2. The maximum Gasteiger partial charge on any atom is 0.307 e. The van der Waals surface area contributed by atoms with Crippen LogP contribution in [0.1, 0.15) is 24.9 Å². The molecule has 0 aliphatic carbocycles. The Hall–Kier alpha value is -2.47. The maximum absolute atomic E-state index is 14.1. The Morgan fingerprint density at radius 2 is 1.92 bits per heavy atom. The number of hydrogen-bond acceptors (Lipinski definition) is 4. The fraction of sp³-hybridized carbons (Fsp3) is 0.278. The first kappa shape index (κ1) is 17.9. The van der Waals surface area contributed by atoms with E-state index in [1.807, 2.05) is 0 Å². The number of methoxy groups -OCH3 is 1. The molecule has 2 rings (SSSR count). The first-order valence-electron chi connectivity index (χ1n) is 7.50. The van der Waals surface area contributed by atoms with Crippen molar-refractivity contribution in [3.05, 3.63) is 53.6 Å². The molecule has 0 saturated heterocycles. The average molecular weight is 335 g/mol. The molecule has 0 fully saturated rings. The van der Waals surface area contributed by atoms with E-state index in [0.29, 0.717) is 16.9 Å². The van der Waals surface area contributed by atoms with E-state index in [-0.39, 0.29) is 18.6 Å². The van der Waals surface area contributed by atoms with Crippen LogP contribution in [0.4, 0.5) is 8.78 Å². The summed E-state index contributed by atoms with van der Waals surface area (Å²) < 4.78 is 37.3. The van der Waals surface area contributed by atoms with E-state index in [9.17, 15) is 13.6 Å². The summed E-state index contributed by atoms with van der Waals surface area (Å²) in [5, 5.41) is 0. The van der Waals surface area contributed by atoms with Gasteiger partial charge in [-0.25, -0.2) is 8.78 Å². The van der Waals surface area contributed by atoms with Crippen molar-refractivity contribution in [3.8, 4) is 16.9 Å². The molecule has 128 valence electrons. The number of esters is 1. The molecular formula is C18H19F2NO3. The molecule has 0 heterocycles. The third kappa shape index (κ3) is 4.08. The van der Waals surface area contributed by atoms with Crippen LogP contribution in [0.25, 0.3) is 11.1 Å².